The number of anilines is 1. The van der Waals surface area contributed by atoms with E-state index < -0.39 is 19.9 Å². The summed E-state index contributed by atoms with van der Waals surface area (Å²) in [6.07, 6.45) is 5.72. The number of carbonyl (C=O) groups is 1. The Labute approximate surface area is 228 Å². The Bertz CT molecular complexity index is 1490. The van der Waals surface area contributed by atoms with Gasteiger partial charge in [0.2, 0.25) is 15.9 Å². The molecule has 1 aliphatic heterocycles. The SMILES string of the molecule is CS(=O)(=O)NCCN(C(=O)CCS(=O)(=O)c1ccc2cc(Cl)ccc2c1)C1CCN(c2ccncc2)CC1. The van der Waals surface area contributed by atoms with E-state index in [1.54, 1.807) is 47.6 Å². The van der Waals surface area contributed by atoms with Gasteiger partial charge in [-0.1, -0.05) is 23.7 Å². The largest absolute Gasteiger partial charge is 0.371 e. The molecule has 0 bridgehead atoms. The molecule has 4 rings (SSSR count). The third kappa shape index (κ3) is 7.43. The summed E-state index contributed by atoms with van der Waals surface area (Å²) in [6.45, 7) is 1.67. The van der Waals surface area contributed by atoms with Crippen molar-refractivity contribution in [3.63, 3.8) is 0 Å². The molecule has 1 fully saturated rings. The third-order valence-electron chi connectivity index (χ3n) is 6.69. The van der Waals surface area contributed by atoms with Gasteiger partial charge in [0.05, 0.1) is 16.9 Å². The minimum atomic E-state index is -3.72. The Morgan fingerprint density at radius 3 is 2.37 bits per heavy atom. The summed E-state index contributed by atoms with van der Waals surface area (Å²) in [7, 11) is -7.14. The maximum absolute atomic E-state index is 13.3. The lowest BCUT2D eigenvalue weighted by molar-refractivity contribution is -0.133. The average Bonchev–Trinajstić information content (AvgIpc) is 2.89. The van der Waals surface area contributed by atoms with Crippen LogP contribution in [0.5, 0.6) is 0 Å². The van der Waals surface area contributed by atoms with Crippen molar-refractivity contribution in [3.05, 3.63) is 65.9 Å². The highest BCUT2D eigenvalue weighted by atomic mass is 35.5. The fourth-order valence-corrected chi connectivity index (χ4v) is 6.63. The number of halogens is 1. The normalized spacial score (nSPS) is 15.1. The van der Waals surface area contributed by atoms with Crippen molar-refractivity contribution in [2.75, 3.05) is 43.1 Å². The number of nitrogens with zero attached hydrogens (tertiary/aromatic N) is 3. The van der Waals surface area contributed by atoms with E-state index in [0.717, 1.165) is 35.8 Å². The van der Waals surface area contributed by atoms with Crippen molar-refractivity contribution in [1.82, 2.24) is 14.6 Å². The molecule has 12 heteroatoms. The van der Waals surface area contributed by atoms with Crippen LogP contribution in [0.25, 0.3) is 10.8 Å². The number of pyridine rings is 1. The van der Waals surface area contributed by atoms with Gasteiger partial charge in [-0.05, 0) is 60.0 Å². The Hall–Kier alpha value is -2.73. The van der Waals surface area contributed by atoms with Crippen molar-refractivity contribution in [1.29, 1.82) is 0 Å². The van der Waals surface area contributed by atoms with E-state index in [1.807, 2.05) is 12.1 Å². The van der Waals surface area contributed by atoms with E-state index in [4.69, 9.17) is 11.6 Å². The van der Waals surface area contributed by atoms with Crippen LogP contribution >= 0.6 is 11.6 Å². The summed E-state index contributed by atoms with van der Waals surface area (Å²) in [5, 5.41) is 2.14. The zero-order valence-corrected chi connectivity index (χ0v) is 23.5. The van der Waals surface area contributed by atoms with E-state index in [-0.39, 0.29) is 42.1 Å². The molecule has 1 saturated heterocycles. The molecule has 2 aromatic carbocycles. The van der Waals surface area contributed by atoms with Gasteiger partial charge in [0.1, 0.15) is 0 Å². The van der Waals surface area contributed by atoms with Crippen molar-refractivity contribution >= 4 is 53.8 Å². The first kappa shape index (κ1) is 28.3. The van der Waals surface area contributed by atoms with Crippen LogP contribution in [0, 0.1) is 0 Å². The summed E-state index contributed by atoms with van der Waals surface area (Å²) in [5.74, 6) is -0.643. The molecule has 1 aliphatic rings. The van der Waals surface area contributed by atoms with Crippen molar-refractivity contribution < 1.29 is 21.6 Å². The van der Waals surface area contributed by atoms with Gasteiger partial charge in [-0.15, -0.1) is 0 Å². The number of sulfone groups is 1. The molecule has 2 heterocycles. The highest BCUT2D eigenvalue weighted by Gasteiger charge is 2.29. The summed E-state index contributed by atoms with van der Waals surface area (Å²) >= 11 is 6.02. The first-order valence-electron chi connectivity index (χ1n) is 12.3. The molecule has 9 nitrogen and oxygen atoms in total. The smallest absolute Gasteiger partial charge is 0.223 e. The molecule has 0 unspecified atom stereocenters. The van der Waals surface area contributed by atoms with Crippen LogP contribution in [0.2, 0.25) is 5.02 Å². The first-order valence-corrected chi connectivity index (χ1v) is 16.3. The van der Waals surface area contributed by atoms with E-state index in [1.165, 1.54) is 6.07 Å². The van der Waals surface area contributed by atoms with Crippen LogP contribution in [0.3, 0.4) is 0 Å². The Morgan fingerprint density at radius 1 is 1.03 bits per heavy atom. The lowest BCUT2D eigenvalue weighted by atomic mass is 10.0. The Balaban J connectivity index is 1.43. The van der Waals surface area contributed by atoms with Crippen LogP contribution in [-0.4, -0.2) is 76.9 Å². The number of hydrogen-bond acceptors (Lipinski definition) is 7. The third-order valence-corrected chi connectivity index (χ3v) is 9.37. The van der Waals surface area contributed by atoms with Gasteiger partial charge in [-0.3, -0.25) is 9.78 Å². The molecule has 38 heavy (non-hydrogen) atoms. The molecule has 0 saturated carbocycles. The molecule has 3 aromatic rings. The van der Waals surface area contributed by atoms with Gasteiger partial charge < -0.3 is 9.80 Å². The van der Waals surface area contributed by atoms with E-state index in [0.29, 0.717) is 17.9 Å². The van der Waals surface area contributed by atoms with Gasteiger partial charge >= 0.3 is 0 Å². The van der Waals surface area contributed by atoms with Crippen LogP contribution in [0.4, 0.5) is 5.69 Å². The van der Waals surface area contributed by atoms with Gasteiger partial charge in [0.25, 0.3) is 0 Å². The summed E-state index contributed by atoms with van der Waals surface area (Å²) in [4.78, 5) is 21.4. The van der Waals surface area contributed by atoms with E-state index >= 15 is 0 Å². The highest BCUT2D eigenvalue weighted by Crippen LogP contribution is 2.25. The predicted octanol–water partition coefficient (Wildman–Crippen LogP) is 3.10. The number of benzene rings is 2. The average molecular weight is 579 g/mol. The van der Waals surface area contributed by atoms with E-state index in [9.17, 15) is 21.6 Å². The second kappa shape index (κ2) is 12.0. The maximum Gasteiger partial charge on any atom is 0.223 e. The molecule has 1 N–H and O–H groups in total. The number of piperidine rings is 1. The minimum Gasteiger partial charge on any atom is -0.371 e. The lowest BCUT2D eigenvalue weighted by Gasteiger charge is -2.39. The number of sulfonamides is 1. The van der Waals surface area contributed by atoms with Gasteiger partial charge in [-0.25, -0.2) is 21.6 Å². The number of nitrogens with one attached hydrogen (secondary N) is 1. The fraction of sp³-hybridized carbons (Fsp3) is 0.385. The van der Waals surface area contributed by atoms with Crippen LogP contribution in [0.15, 0.2) is 65.8 Å². The lowest BCUT2D eigenvalue weighted by Crippen LogP contribution is -2.50. The maximum atomic E-state index is 13.3. The summed E-state index contributed by atoms with van der Waals surface area (Å²) in [5.41, 5.74) is 1.05. The molecule has 0 radical (unpaired) electrons. The monoisotopic (exact) mass is 578 g/mol. The van der Waals surface area contributed by atoms with Crippen LogP contribution < -0.4 is 9.62 Å². The highest BCUT2D eigenvalue weighted by molar-refractivity contribution is 7.91. The molecule has 0 atom stereocenters. The fourth-order valence-electron chi connectivity index (χ4n) is 4.72. The van der Waals surface area contributed by atoms with Crippen LogP contribution in [-0.2, 0) is 24.7 Å². The zero-order chi connectivity index (χ0) is 27.3. The molecule has 1 amide bonds. The number of rotatable bonds is 10. The number of amides is 1. The van der Waals surface area contributed by atoms with Gasteiger partial charge in [-0.2, -0.15) is 0 Å². The Morgan fingerprint density at radius 2 is 1.68 bits per heavy atom. The second-order valence-electron chi connectivity index (χ2n) is 9.40. The van der Waals surface area contributed by atoms with Crippen molar-refractivity contribution in [2.45, 2.75) is 30.2 Å². The minimum absolute atomic E-state index is 0.0646. The quantitative estimate of drug-likeness (QED) is 0.393. The topological polar surface area (TPSA) is 117 Å². The molecule has 1 aromatic heterocycles. The zero-order valence-electron chi connectivity index (χ0n) is 21.1. The summed E-state index contributed by atoms with van der Waals surface area (Å²) in [6, 6.07) is 13.8. The molecule has 0 spiro atoms. The first-order chi connectivity index (χ1) is 18.0. The summed E-state index contributed by atoms with van der Waals surface area (Å²) < 4.78 is 51.8. The second-order valence-corrected chi connectivity index (χ2v) is 13.8. The van der Waals surface area contributed by atoms with Crippen LogP contribution in [0.1, 0.15) is 19.3 Å². The predicted molar refractivity (Wildman–Crippen MR) is 150 cm³/mol. The molecular weight excluding hydrogens is 548 g/mol. The van der Waals surface area contributed by atoms with E-state index in [2.05, 4.69) is 14.6 Å². The number of hydrogen-bond donors (Lipinski definition) is 1. The van der Waals surface area contributed by atoms with Gasteiger partial charge in [0.15, 0.2) is 9.84 Å². The molecule has 0 aliphatic carbocycles. The molecular formula is C26H31ClN4O5S2. The van der Waals surface area contributed by atoms with Crippen molar-refractivity contribution in [2.24, 2.45) is 0 Å². The number of carbonyl (C=O) groups excluding carboxylic acids is 1. The standard InChI is InChI=1S/C26H31ClN4O5S2/c1-37(33,34)29-13-16-31(24-8-14-30(15-9-24)23-6-11-28-12-7-23)26(32)10-17-38(35,36)25-5-3-20-18-22(27)4-2-21(20)19-25/h2-7,11-12,18-19,24,29H,8-10,13-17H2,1H3. The van der Waals surface area contributed by atoms with Gasteiger partial charge in [0, 0.05) is 61.7 Å². The number of fused-ring (bicyclic) bond motifs is 1. The number of aromatic nitrogens is 1. The molecule has 204 valence electrons. The Kier molecular flexibility index (Phi) is 8.92. The van der Waals surface area contributed by atoms with Crippen molar-refractivity contribution in [3.8, 4) is 0 Å².